The van der Waals surface area contributed by atoms with E-state index in [1.807, 2.05) is 46.0 Å². The number of amides is 1. The number of ether oxygens (including phenoxy) is 1. The summed E-state index contributed by atoms with van der Waals surface area (Å²) in [6, 6.07) is 5.95. The van der Waals surface area contributed by atoms with Gasteiger partial charge in [0.25, 0.3) is 0 Å². The third-order valence-corrected chi connectivity index (χ3v) is 3.43. The van der Waals surface area contributed by atoms with Crippen molar-refractivity contribution in [3.8, 4) is 5.75 Å². The number of benzene rings is 1. The molecule has 1 aromatic carbocycles. The normalized spacial score (nSPS) is 18.4. The summed E-state index contributed by atoms with van der Waals surface area (Å²) in [7, 11) is 1.82. The van der Waals surface area contributed by atoms with E-state index in [2.05, 4.69) is 6.08 Å². The molecule has 1 aliphatic rings. The van der Waals surface area contributed by atoms with E-state index in [1.165, 1.54) is 0 Å². The standard InChI is InChI=1S/C16H20NO2.Y/c1-5-19-13-7-8-14(12(3)10-13)15-9-6-11(2)16(18)17(15)4;/h7-8,10-11H,5-6H2,1-4H3;/q-1;. The van der Waals surface area contributed by atoms with Crippen molar-refractivity contribution >= 4 is 11.6 Å². The van der Waals surface area contributed by atoms with E-state index < -0.39 is 0 Å². The van der Waals surface area contributed by atoms with Gasteiger partial charge in [-0.1, -0.05) is 20.3 Å². The van der Waals surface area contributed by atoms with E-state index in [9.17, 15) is 4.79 Å². The van der Waals surface area contributed by atoms with Gasteiger partial charge in [-0.3, -0.25) is 4.79 Å². The number of carbonyl (C=O) groups excluding carboxylic acids is 1. The van der Waals surface area contributed by atoms with Gasteiger partial charge in [0.05, 0.1) is 6.61 Å². The average Bonchev–Trinajstić information content (AvgIpc) is 2.38. The number of hydrogen-bond donors (Lipinski definition) is 0. The van der Waals surface area contributed by atoms with Crippen LogP contribution in [0.5, 0.6) is 5.75 Å². The van der Waals surface area contributed by atoms with E-state index in [0.717, 1.165) is 22.6 Å². The number of nitrogens with zero attached hydrogens (tertiary/aromatic N) is 1. The summed E-state index contributed by atoms with van der Waals surface area (Å²) < 4.78 is 5.48. The van der Waals surface area contributed by atoms with E-state index in [0.29, 0.717) is 13.0 Å². The van der Waals surface area contributed by atoms with Crippen LogP contribution in [0.15, 0.2) is 18.2 Å². The first-order valence-electron chi connectivity index (χ1n) is 6.66. The first-order valence-corrected chi connectivity index (χ1v) is 6.66. The second-order valence-electron chi connectivity index (χ2n) is 4.94. The fourth-order valence-corrected chi connectivity index (χ4v) is 2.33. The summed E-state index contributed by atoms with van der Waals surface area (Å²) in [5, 5.41) is 0. The molecule has 0 spiro atoms. The van der Waals surface area contributed by atoms with Crippen LogP contribution in [-0.2, 0) is 37.5 Å². The van der Waals surface area contributed by atoms with Gasteiger partial charge in [0.1, 0.15) is 5.75 Å². The molecule has 0 bridgehead atoms. The summed E-state index contributed by atoms with van der Waals surface area (Å²) in [4.78, 5) is 13.7. The number of aryl methyl sites for hydroxylation is 1. The molecule has 1 aliphatic heterocycles. The molecule has 1 heterocycles. The number of rotatable bonds is 3. The smallest absolute Gasteiger partial charge is 0.225 e. The Bertz CT molecular complexity index is 525. The van der Waals surface area contributed by atoms with Crippen LogP contribution in [0, 0.1) is 18.9 Å². The molecule has 1 amide bonds. The van der Waals surface area contributed by atoms with Crippen LogP contribution in [0.1, 0.15) is 31.4 Å². The first-order chi connectivity index (χ1) is 9.04. The molecule has 0 aliphatic carbocycles. The van der Waals surface area contributed by atoms with Crippen LogP contribution in [0.3, 0.4) is 0 Å². The first kappa shape index (κ1) is 17.4. The zero-order chi connectivity index (χ0) is 14.0. The van der Waals surface area contributed by atoms with Crippen molar-refractivity contribution < 1.29 is 42.2 Å². The average molecular weight is 347 g/mol. The van der Waals surface area contributed by atoms with E-state index >= 15 is 0 Å². The van der Waals surface area contributed by atoms with Crippen molar-refractivity contribution in [1.82, 2.24) is 4.90 Å². The van der Waals surface area contributed by atoms with Crippen LogP contribution in [0.4, 0.5) is 0 Å². The second-order valence-corrected chi connectivity index (χ2v) is 4.94. The Morgan fingerprint density at radius 1 is 1.45 bits per heavy atom. The number of carbonyl (C=O) groups is 1. The van der Waals surface area contributed by atoms with Gasteiger partial charge in [-0.25, -0.2) is 6.08 Å². The van der Waals surface area contributed by atoms with Crippen LogP contribution >= 0.6 is 0 Å². The van der Waals surface area contributed by atoms with Crippen LogP contribution in [0.2, 0.25) is 0 Å². The summed E-state index contributed by atoms with van der Waals surface area (Å²) >= 11 is 0. The molecule has 4 heteroatoms. The summed E-state index contributed by atoms with van der Waals surface area (Å²) in [6.07, 6.45) is 4.02. The predicted molar refractivity (Wildman–Crippen MR) is 75.5 cm³/mol. The van der Waals surface area contributed by atoms with Crippen LogP contribution < -0.4 is 4.74 Å². The van der Waals surface area contributed by atoms with Crippen LogP contribution in [0.25, 0.3) is 5.70 Å². The fourth-order valence-electron chi connectivity index (χ4n) is 2.33. The summed E-state index contributed by atoms with van der Waals surface area (Å²) in [5.74, 6) is 1.04. The minimum absolute atomic E-state index is 0. The van der Waals surface area contributed by atoms with Crippen molar-refractivity contribution in [3.63, 3.8) is 0 Å². The molecule has 1 aromatic rings. The van der Waals surface area contributed by atoms with Gasteiger partial charge in [0, 0.05) is 45.7 Å². The van der Waals surface area contributed by atoms with Gasteiger partial charge in [-0.05, 0) is 19.1 Å². The van der Waals surface area contributed by atoms with Gasteiger partial charge in [-0.2, -0.15) is 0 Å². The summed E-state index contributed by atoms with van der Waals surface area (Å²) in [5.41, 5.74) is 3.03. The Hall–Kier alpha value is -0.666. The predicted octanol–water partition coefficient (Wildman–Crippen LogP) is 3.03. The van der Waals surface area contributed by atoms with Crippen molar-refractivity contribution in [2.75, 3.05) is 13.7 Å². The van der Waals surface area contributed by atoms with Gasteiger partial charge in [0.2, 0.25) is 5.91 Å². The van der Waals surface area contributed by atoms with Crippen molar-refractivity contribution in [1.29, 1.82) is 0 Å². The Morgan fingerprint density at radius 2 is 2.15 bits per heavy atom. The third kappa shape index (κ3) is 3.50. The van der Waals surface area contributed by atoms with Gasteiger partial charge < -0.3 is 9.64 Å². The minimum atomic E-state index is 0. The Balaban J connectivity index is 0.00000200. The van der Waals surface area contributed by atoms with Gasteiger partial charge >= 0.3 is 0 Å². The van der Waals surface area contributed by atoms with Crippen LogP contribution in [-0.4, -0.2) is 24.5 Å². The molecule has 0 N–H and O–H groups in total. The largest absolute Gasteiger partial charge is 0.494 e. The zero-order valence-corrected chi connectivity index (χ0v) is 15.4. The molecular formula is C16H20NO2Y-. The molecule has 0 saturated carbocycles. The molecular weight excluding hydrogens is 327 g/mol. The Labute approximate surface area is 146 Å². The minimum Gasteiger partial charge on any atom is -0.494 e. The third-order valence-electron chi connectivity index (χ3n) is 3.43. The number of allylic oxidation sites excluding steroid dienone is 1. The van der Waals surface area contributed by atoms with E-state index in [1.54, 1.807) is 4.90 Å². The molecule has 0 aromatic heterocycles. The van der Waals surface area contributed by atoms with E-state index in [-0.39, 0.29) is 44.5 Å². The molecule has 1 radical (unpaired) electrons. The zero-order valence-electron chi connectivity index (χ0n) is 12.6. The van der Waals surface area contributed by atoms with Gasteiger partial charge in [-0.15, -0.1) is 22.9 Å². The molecule has 1 unspecified atom stereocenters. The SMILES string of the molecule is CCOc1ccc(C2=[C-]CC(C)C(=O)N2C)c(C)c1.[Y]. The Kier molecular flexibility index (Phi) is 6.41. The molecule has 20 heavy (non-hydrogen) atoms. The Morgan fingerprint density at radius 3 is 2.75 bits per heavy atom. The molecule has 3 nitrogen and oxygen atoms in total. The molecule has 2 rings (SSSR count). The monoisotopic (exact) mass is 347 g/mol. The van der Waals surface area contributed by atoms with Gasteiger partial charge in [0.15, 0.2) is 0 Å². The van der Waals surface area contributed by atoms with Crippen molar-refractivity contribution in [2.24, 2.45) is 5.92 Å². The van der Waals surface area contributed by atoms with Crippen molar-refractivity contribution in [2.45, 2.75) is 27.2 Å². The molecule has 0 saturated heterocycles. The maximum Gasteiger partial charge on any atom is 0.225 e. The van der Waals surface area contributed by atoms with E-state index in [4.69, 9.17) is 4.74 Å². The maximum atomic E-state index is 12.0. The summed E-state index contributed by atoms with van der Waals surface area (Å²) in [6.45, 7) is 6.59. The maximum absolute atomic E-state index is 12.0. The topological polar surface area (TPSA) is 29.5 Å². The molecule has 1 atom stereocenters. The second kappa shape index (κ2) is 7.37. The quantitative estimate of drug-likeness (QED) is 0.787. The van der Waals surface area contributed by atoms with Crippen molar-refractivity contribution in [3.05, 3.63) is 35.4 Å². The molecule has 0 fully saturated rings. The number of hydrogen-bond acceptors (Lipinski definition) is 2. The fraction of sp³-hybridized carbons (Fsp3) is 0.438. The molecule has 105 valence electrons.